The molecule has 8 heteroatoms. The van der Waals surface area contributed by atoms with Gasteiger partial charge in [-0.3, -0.25) is 9.59 Å². The summed E-state index contributed by atoms with van der Waals surface area (Å²) >= 11 is 7.32. The first-order chi connectivity index (χ1) is 11.9. The summed E-state index contributed by atoms with van der Waals surface area (Å²) in [6.07, 6.45) is 6.82. The highest BCUT2D eigenvalue weighted by Crippen LogP contribution is 2.38. The largest absolute Gasteiger partial charge is 0.490 e. The summed E-state index contributed by atoms with van der Waals surface area (Å²) in [7, 11) is 0. The molecule has 0 saturated heterocycles. The number of nitrogens with one attached hydrogen (secondary N) is 1. The van der Waals surface area contributed by atoms with Crippen LogP contribution in [0.2, 0.25) is 5.02 Å². The second-order valence-electron chi connectivity index (χ2n) is 4.77. The molecule has 0 saturated carbocycles. The molecule has 1 aromatic carbocycles. The molecule has 0 aromatic heterocycles. The van der Waals surface area contributed by atoms with E-state index in [9.17, 15) is 9.59 Å². The fraction of sp³-hybridized carbons (Fsp3) is 0.235. The summed E-state index contributed by atoms with van der Waals surface area (Å²) in [5, 5.41) is 3.04. The van der Waals surface area contributed by atoms with E-state index in [0.29, 0.717) is 33.6 Å². The lowest BCUT2D eigenvalue weighted by Crippen LogP contribution is -2.23. The molecule has 0 fully saturated rings. The van der Waals surface area contributed by atoms with Crippen molar-refractivity contribution in [2.75, 3.05) is 13.2 Å². The number of benzene rings is 1. The average molecular weight is 379 g/mol. The van der Waals surface area contributed by atoms with Crippen LogP contribution in [0.3, 0.4) is 0 Å². The molecular weight excluding hydrogens is 364 g/mol. The van der Waals surface area contributed by atoms with Crippen molar-refractivity contribution in [1.29, 1.82) is 0 Å². The molecule has 2 rings (SSSR count). The molecule has 0 atom stereocenters. The standard InChI is InChI=1S/C17H15ClN2O4S/c1-4-6-24-15-12(18)7-11(8-13(15)23-5-2)9-14-16(22)20-17(25-14)19-10(3)21/h1,7-9H,5-6H2,2-3H3,(H,19,20,21,22)/b14-9-. The lowest BCUT2D eigenvalue weighted by molar-refractivity contribution is -0.117. The lowest BCUT2D eigenvalue weighted by Gasteiger charge is -2.13. The minimum Gasteiger partial charge on any atom is -0.490 e. The molecule has 130 valence electrons. The Kier molecular flexibility index (Phi) is 6.51. The van der Waals surface area contributed by atoms with Gasteiger partial charge >= 0.3 is 0 Å². The molecule has 6 nitrogen and oxygen atoms in total. The van der Waals surface area contributed by atoms with Crippen molar-refractivity contribution in [2.45, 2.75) is 13.8 Å². The number of carbonyl (C=O) groups excluding carboxylic acids is 2. The molecule has 1 aliphatic rings. The number of hydrogen-bond donors (Lipinski definition) is 1. The Hall–Kier alpha value is -2.43. The van der Waals surface area contributed by atoms with Crippen LogP contribution >= 0.6 is 23.4 Å². The van der Waals surface area contributed by atoms with Crippen LogP contribution in [-0.4, -0.2) is 30.2 Å². The Balaban J connectivity index is 2.30. The third-order valence-corrected chi connectivity index (χ3v) is 4.01. The predicted molar refractivity (Wildman–Crippen MR) is 98.8 cm³/mol. The van der Waals surface area contributed by atoms with Gasteiger partial charge in [0.2, 0.25) is 5.91 Å². The number of amides is 2. The van der Waals surface area contributed by atoms with Gasteiger partial charge in [0.1, 0.15) is 6.61 Å². The van der Waals surface area contributed by atoms with E-state index in [1.165, 1.54) is 6.92 Å². The summed E-state index contributed by atoms with van der Waals surface area (Å²) in [6, 6.07) is 3.33. The number of ether oxygens (including phenoxy) is 2. The van der Waals surface area contributed by atoms with E-state index in [1.807, 2.05) is 6.92 Å². The fourth-order valence-corrected chi connectivity index (χ4v) is 3.09. The second-order valence-corrected chi connectivity index (χ2v) is 6.21. The topological polar surface area (TPSA) is 77.0 Å². The van der Waals surface area contributed by atoms with Crippen LogP contribution in [0.25, 0.3) is 6.08 Å². The molecule has 0 spiro atoms. The van der Waals surface area contributed by atoms with Gasteiger partial charge < -0.3 is 14.8 Å². The Labute approximate surface area is 154 Å². The molecule has 1 aliphatic heterocycles. The van der Waals surface area contributed by atoms with Crippen molar-refractivity contribution < 1.29 is 19.1 Å². The highest BCUT2D eigenvalue weighted by atomic mass is 35.5. The van der Waals surface area contributed by atoms with Crippen molar-refractivity contribution in [2.24, 2.45) is 4.99 Å². The second kappa shape index (κ2) is 8.60. The average Bonchev–Trinajstić information content (AvgIpc) is 2.85. The third-order valence-electron chi connectivity index (χ3n) is 2.83. The summed E-state index contributed by atoms with van der Waals surface area (Å²) in [5.74, 6) is 2.41. The molecule has 1 N–H and O–H groups in total. The van der Waals surface area contributed by atoms with Crippen molar-refractivity contribution >= 4 is 46.4 Å². The van der Waals surface area contributed by atoms with Gasteiger partial charge in [-0.2, -0.15) is 4.99 Å². The van der Waals surface area contributed by atoms with Gasteiger partial charge in [-0.1, -0.05) is 17.5 Å². The molecule has 1 aromatic rings. The zero-order chi connectivity index (χ0) is 18.4. The number of hydrogen-bond acceptors (Lipinski definition) is 5. The van der Waals surface area contributed by atoms with E-state index >= 15 is 0 Å². The molecule has 0 aliphatic carbocycles. The zero-order valence-corrected chi connectivity index (χ0v) is 15.2. The highest BCUT2D eigenvalue weighted by molar-refractivity contribution is 8.18. The quantitative estimate of drug-likeness (QED) is 0.629. The van der Waals surface area contributed by atoms with Gasteiger partial charge in [-0.25, -0.2) is 0 Å². The van der Waals surface area contributed by atoms with E-state index in [-0.39, 0.29) is 17.7 Å². The summed E-state index contributed by atoms with van der Waals surface area (Å²) in [4.78, 5) is 27.1. The number of rotatable bonds is 5. The van der Waals surface area contributed by atoms with Crippen molar-refractivity contribution in [1.82, 2.24) is 5.32 Å². The minimum atomic E-state index is -0.435. The van der Waals surface area contributed by atoms with Gasteiger partial charge in [0.05, 0.1) is 16.5 Å². The molecule has 0 radical (unpaired) electrons. The van der Waals surface area contributed by atoms with Crippen LogP contribution in [0.5, 0.6) is 11.5 Å². The van der Waals surface area contributed by atoms with E-state index in [4.69, 9.17) is 27.5 Å². The predicted octanol–water partition coefficient (Wildman–Crippen LogP) is 2.86. The monoisotopic (exact) mass is 378 g/mol. The number of nitrogens with zero attached hydrogens (tertiary/aromatic N) is 1. The first-order valence-corrected chi connectivity index (χ1v) is 8.46. The summed E-state index contributed by atoms with van der Waals surface area (Å²) in [5.41, 5.74) is 0.636. The minimum absolute atomic E-state index is 0.0580. The van der Waals surface area contributed by atoms with E-state index in [1.54, 1.807) is 18.2 Å². The number of aliphatic imine (C=N–C) groups is 1. The zero-order valence-electron chi connectivity index (χ0n) is 13.6. The summed E-state index contributed by atoms with van der Waals surface area (Å²) in [6.45, 7) is 3.64. The molecular formula is C17H15ClN2O4S. The van der Waals surface area contributed by atoms with Gasteiger partial charge in [-0.15, -0.1) is 6.42 Å². The SMILES string of the molecule is C#CCOc1c(Cl)cc(/C=C2\SC(NC(C)=O)=NC2=O)cc1OCC. The Morgan fingerprint density at radius 2 is 2.24 bits per heavy atom. The highest BCUT2D eigenvalue weighted by Gasteiger charge is 2.23. The molecule has 0 unspecified atom stereocenters. The normalized spacial score (nSPS) is 14.9. The number of thioether (sulfide) groups is 1. The van der Waals surface area contributed by atoms with Crippen molar-refractivity contribution in [3.05, 3.63) is 27.6 Å². The maximum absolute atomic E-state index is 11.9. The Bertz CT molecular complexity index is 812. The Morgan fingerprint density at radius 1 is 1.48 bits per heavy atom. The van der Waals surface area contributed by atoms with E-state index < -0.39 is 5.91 Å². The van der Waals surface area contributed by atoms with Crippen LogP contribution in [0.15, 0.2) is 22.0 Å². The van der Waals surface area contributed by atoms with Crippen LogP contribution in [0.4, 0.5) is 0 Å². The maximum Gasteiger partial charge on any atom is 0.286 e. The van der Waals surface area contributed by atoms with E-state index in [0.717, 1.165) is 11.8 Å². The van der Waals surface area contributed by atoms with Crippen LogP contribution in [0.1, 0.15) is 19.4 Å². The first kappa shape index (κ1) is 18.9. The van der Waals surface area contributed by atoms with Gasteiger partial charge in [0.25, 0.3) is 5.91 Å². The van der Waals surface area contributed by atoms with Gasteiger partial charge in [-0.05, 0) is 42.5 Å². The molecule has 25 heavy (non-hydrogen) atoms. The van der Waals surface area contributed by atoms with Gasteiger partial charge in [0, 0.05) is 6.92 Å². The maximum atomic E-state index is 11.9. The first-order valence-electron chi connectivity index (χ1n) is 7.27. The van der Waals surface area contributed by atoms with Crippen LogP contribution < -0.4 is 14.8 Å². The number of halogens is 1. The van der Waals surface area contributed by atoms with Gasteiger partial charge in [0.15, 0.2) is 16.7 Å². The number of terminal acetylenes is 1. The van der Waals surface area contributed by atoms with Crippen LogP contribution in [0, 0.1) is 12.3 Å². The van der Waals surface area contributed by atoms with Crippen molar-refractivity contribution in [3.8, 4) is 23.8 Å². The smallest absolute Gasteiger partial charge is 0.286 e. The lowest BCUT2D eigenvalue weighted by atomic mass is 10.2. The molecule has 2 amide bonds. The van der Waals surface area contributed by atoms with E-state index in [2.05, 4.69) is 16.2 Å². The Morgan fingerprint density at radius 3 is 2.88 bits per heavy atom. The summed E-state index contributed by atoms with van der Waals surface area (Å²) < 4.78 is 11.0. The molecule has 1 heterocycles. The molecule has 0 bridgehead atoms. The van der Waals surface area contributed by atoms with Crippen molar-refractivity contribution in [3.63, 3.8) is 0 Å². The number of amidine groups is 1. The van der Waals surface area contributed by atoms with Crippen LogP contribution in [-0.2, 0) is 9.59 Å². The fourth-order valence-electron chi connectivity index (χ4n) is 1.95. The number of carbonyl (C=O) groups is 2. The third kappa shape index (κ3) is 5.02.